The molecular formula is C12H13F2NaO7S. The van der Waals surface area contributed by atoms with Crippen LogP contribution in [0, 0.1) is 23.7 Å². The molecule has 4 atom stereocenters. The van der Waals surface area contributed by atoms with E-state index in [9.17, 15) is 31.3 Å². The first kappa shape index (κ1) is 20.5. The number of alkyl halides is 2. The second-order valence-corrected chi connectivity index (χ2v) is 6.73. The molecule has 0 spiro atoms. The maximum atomic E-state index is 13.0. The zero-order valence-electron chi connectivity index (χ0n) is 12.4. The van der Waals surface area contributed by atoms with Crippen LogP contribution in [-0.2, 0) is 29.2 Å². The normalized spacial score (nSPS) is 29.0. The Morgan fingerprint density at radius 3 is 2.13 bits per heavy atom. The van der Waals surface area contributed by atoms with E-state index in [2.05, 4.69) is 9.47 Å². The minimum Gasteiger partial charge on any atom is -0.743 e. The summed E-state index contributed by atoms with van der Waals surface area (Å²) in [7, 11) is -4.80. The van der Waals surface area contributed by atoms with Gasteiger partial charge in [0, 0.05) is 0 Å². The van der Waals surface area contributed by atoms with Gasteiger partial charge >= 0.3 is 46.8 Å². The first-order valence-electron chi connectivity index (χ1n) is 6.34. The van der Waals surface area contributed by atoms with Gasteiger partial charge in [0.2, 0.25) is 0 Å². The van der Waals surface area contributed by atoms with Crippen LogP contribution in [0.2, 0.25) is 0 Å². The van der Waals surface area contributed by atoms with Gasteiger partial charge in [-0.3, -0.25) is 9.59 Å². The maximum absolute atomic E-state index is 13.0. The number of hydrogen-bond acceptors (Lipinski definition) is 7. The average molecular weight is 362 g/mol. The van der Waals surface area contributed by atoms with Crippen molar-refractivity contribution in [2.24, 2.45) is 23.7 Å². The molecule has 1 saturated carbocycles. The molecule has 11 heteroatoms. The van der Waals surface area contributed by atoms with Crippen LogP contribution in [0.3, 0.4) is 0 Å². The number of rotatable bonds is 5. The zero-order valence-corrected chi connectivity index (χ0v) is 15.2. The summed E-state index contributed by atoms with van der Waals surface area (Å²) in [6, 6.07) is 0. The smallest absolute Gasteiger partial charge is 0.743 e. The number of halogens is 2. The molecule has 2 aliphatic rings. The number of carbonyl (C=O) groups is 2. The van der Waals surface area contributed by atoms with Crippen LogP contribution < -0.4 is 29.6 Å². The molecule has 0 aromatic heterocycles. The minimum atomic E-state index is -5.93. The van der Waals surface area contributed by atoms with Crippen LogP contribution in [0.25, 0.3) is 0 Å². The molecule has 0 saturated heterocycles. The monoisotopic (exact) mass is 362 g/mol. The predicted octanol–water partition coefficient (Wildman–Crippen LogP) is -2.72. The molecule has 1 fully saturated rings. The molecule has 4 unspecified atom stereocenters. The molecule has 7 nitrogen and oxygen atoms in total. The summed E-state index contributed by atoms with van der Waals surface area (Å²) in [4.78, 5) is 23.7. The fourth-order valence-corrected chi connectivity index (χ4v) is 3.13. The van der Waals surface area contributed by atoms with E-state index in [1.54, 1.807) is 12.2 Å². The Labute approximate surface area is 153 Å². The number of methoxy groups -OCH3 is 1. The predicted molar refractivity (Wildman–Crippen MR) is 65.3 cm³/mol. The molecule has 0 radical (unpaired) electrons. The Morgan fingerprint density at radius 2 is 1.70 bits per heavy atom. The van der Waals surface area contributed by atoms with Crippen LogP contribution in [-0.4, -0.2) is 43.9 Å². The Hall–Kier alpha value is -0.550. The number of esters is 2. The number of fused-ring (bicyclic) bond motifs is 2. The number of hydrogen-bond donors (Lipinski definition) is 0. The van der Waals surface area contributed by atoms with Crippen molar-refractivity contribution in [1.82, 2.24) is 0 Å². The first-order valence-corrected chi connectivity index (χ1v) is 7.75. The number of allylic oxidation sites excluding steroid dienone is 2. The van der Waals surface area contributed by atoms with Crippen molar-refractivity contribution in [3.63, 3.8) is 0 Å². The van der Waals surface area contributed by atoms with Crippen molar-refractivity contribution in [1.29, 1.82) is 0 Å². The first-order chi connectivity index (χ1) is 10.1. The Morgan fingerprint density at radius 1 is 1.22 bits per heavy atom. The summed E-state index contributed by atoms with van der Waals surface area (Å²) in [6.45, 7) is -1.87. The van der Waals surface area contributed by atoms with Gasteiger partial charge in [0.05, 0.1) is 18.9 Å². The summed E-state index contributed by atoms with van der Waals surface area (Å²) in [5.74, 6) is -4.30. The van der Waals surface area contributed by atoms with Gasteiger partial charge in [-0.15, -0.1) is 0 Å². The van der Waals surface area contributed by atoms with E-state index >= 15 is 0 Å². The summed E-state index contributed by atoms with van der Waals surface area (Å²) in [5, 5.41) is -4.71. The van der Waals surface area contributed by atoms with Gasteiger partial charge < -0.3 is 14.0 Å². The summed E-state index contributed by atoms with van der Waals surface area (Å²) in [6.07, 6.45) is 3.90. The third-order valence-electron chi connectivity index (χ3n) is 3.95. The largest absolute Gasteiger partial charge is 1.00 e. The van der Waals surface area contributed by atoms with E-state index in [-0.39, 0.29) is 41.4 Å². The fourth-order valence-electron chi connectivity index (χ4n) is 2.92. The third kappa shape index (κ3) is 3.93. The number of ether oxygens (including phenoxy) is 2. The Bertz CT molecular complexity index is 619. The molecule has 2 aliphatic carbocycles. The van der Waals surface area contributed by atoms with Crippen LogP contribution in [0.4, 0.5) is 8.78 Å². The van der Waals surface area contributed by atoms with Gasteiger partial charge in [-0.2, -0.15) is 8.78 Å². The van der Waals surface area contributed by atoms with Crippen molar-refractivity contribution < 1.29 is 70.4 Å². The van der Waals surface area contributed by atoms with Gasteiger partial charge in [-0.25, -0.2) is 8.42 Å². The molecule has 124 valence electrons. The van der Waals surface area contributed by atoms with Crippen LogP contribution in [0.15, 0.2) is 12.2 Å². The molecule has 0 amide bonds. The second kappa shape index (κ2) is 7.14. The summed E-state index contributed by atoms with van der Waals surface area (Å²) >= 11 is 0. The van der Waals surface area contributed by atoms with E-state index in [1.807, 2.05) is 0 Å². The van der Waals surface area contributed by atoms with Gasteiger partial charge in [0.1, 0.15) is 0 Å². The van der Waals surface area contributed by atoms with Crippen molar-refractivity contribution >= 4 is 22.1 Å². The molecule has 0 aromatic carbocycles. The van der Waals surface area contributed by atoms with E-state index < -0.39 is 45.8 Å². The van der Waals surface area contributed by atoms with Crippen LogP contribution in [0.5, 0.6) is 0 Å². The molecule has 2 bridgehead atoms. The summed E-state index contributed by atoms with van der Waals surface area (Å²) in [5.41, 5.74) is 0. The molecule has 2 rings (SSSR count). The Kier molecular flexibility index (Phi) is 6.36. The molecule has 23 heavy (non-hydrogen) atoms. The maximum Gasteiger partial charge on any atom is 1.00 e. The fraction of sp³-hybridized carbons (Fsp3) is 0.667. The van der Waals surface area contributed by atoms with Gasteiger partial charge in [-0.05, 0) is 18.3 Å². The summed E-state index contributed by atoms with van der Waals surface area (Å²) < 4.78 is 65.9. The number of carbonyl (C=O) groups excluding carboxylic acids is 2. The van der Waals surface area contributed by atoms with Crippen LogP contribution >= 0.6 is 0 Å². The second-order valence-electron chi connectivity index (χ2n) is 5.22. The quantitative estimate of drug-likeness (QED) is 0.226. The van der Waals surface area contributed by atoms with Crippen LogP contribution in [0.1, 0.15) is 6.42 Å². The molecule has 0 aliphatic heterocycles. The van der Waals surface area contributed by atoms with Crippen molar-refractivity contribution in [2.45, 2.75) is 11.7 Å². The molecule has 0 aromatic rings. The minimum absolute atomic E-state index is 0. The molecule has 0 heterocycles. The standard InChI is InChI=1S/C12H14F2O7S.Na/c1-20-10(15)8-6-2-3-7(4-6)9(8)11(16)21-5-12(13,14)22(17,18)19;/h2-3,6-9H,4-5H2,1H3,(H,17,18,19);/q;+1/p-1. The molecular weight excluding hydrogens is 349 g/mol. The Balaban J connectivity index is 0.00000264. The van der Waals surface area contributed by atoms with E-state index in [0.29, 0.717) is 6.42 Å². The molecule has 0 N–H and O–H groups in total. The van der Waals surface area contributed by atoms with E-state index in [1.165, 1.54) is 0 Å². The third-order valence-corrected chi connectivity index (χ3v) is 4.80. The van der Waals surface area contributed by atoms with E-state index in [4.69, 9.17) is 0 Å². The SMILES string of the molecule is COC(=O)C1C2C=CC(C2)C1C(=O)OCC(F)(F)S(=O)(=O)[O-].[Na+]. The average Bonchev–Trinajstić information content (AvgIpc) is 3.03. The van der Waals surface area contributed by atoms with Gasteiger partial charge in [0.25, 0.3) is 0 Å². The van der Waals surface area contributed by atoms with Crippen molar-refractivity contribution in [3.8, 4) is 0 Å². The van der Waals surface area contributed by atoms with E-state index in [0.717, 1.165) is 7.11 Å². The topological polar surface area (TPSA) is 110 Å². The zero-order chi connectivity index (χ0) is 16.7. The van der Waals surface area contributed by atoms with Crippen molar-refractivity contribution in [3.05, 3.63) is 12.2 Å². The van der Waals surface area contributed by atoms with Gasteiger partial charge in [0.15, 0.2) is 16.7 Å². The van der Waals surface area contributed by atoms with Crippen molar-refractivity contribution in [2.75, 3.05) is 13.7 Å². The van der Waals surface area contributed by atoms with Gasteiger partial charge in [-0.1, -0.05) is 12.2 Å².